The van der Waals surface area contributed by atoms with Crippen LogP contribution in [0.4, 0.5) is 0 Å². The van der Waals surface area contributed by atoms with Crippen LogP contribution in [0.15, 0.2) is 12.2 Å². The Balaban J connectivity index is 3.19. The molecule has 0 aromatic heterocycles. The van der Waals surface area contributed by atoms with Crippen molar-refractivity contribution in [3.05, 3.63) is 12.2 Å². The van der Waals surface area contributed by atoms with Gasteiger partial charge >= 0.3 is 5.97 Å². The van der Waals surface area contributed by atoms with E-state index in [9.17, 15) is 4.79 Å². The number of carbonyl (C=O) groups excluding carboxylic acids is 1. The lowest BCUT2D eigenvalue weighted by atomic mass is 9.99. The van der Waals surface area contributed by atoms with E-state index in [1.54, 1.807) is 0 Å². The Morgan fingerprint density at radius 2 is 0.860 bits per heavy atom. The summed E-state index contributed by atoms with van der Waals surface area (Å²) in [6.07, 6.45) is 48.5. The van der Waals surface area contributed by atoms with Gasteiger partial charge in [-0.15, -0.1) is 0 Å². The summed E-state index contributed by atoms with van der Waals surface area (Å²) < 4.78 is 5.46. The summed E-state index contributed by atoms with van der Waals surface area (Å²) in [7, 11) is 0. The minimum absolute atomic E-state index is 0.0254. The molecule has 0 spiro atoms. The molecular weight excluding hydrogens is 524 g/mol. The van der Waals surface area contributed by atoms with Crippen LogP contribution in [0.25, 0.3) is 0 Å². The van der Waals surface area contributed by atoms with Crippen molar-refractivity contribution in [1.82, 2.24) is 0 Å². The zero-order chi connectivity index (χ0) is 31.3. The molecule has 43 heavy (non-hydrogen) atoms. The van der Waals surface area contributed by atoms with E-state index in [1.165, 1.54) is 193 Å². The van der Waals surface area contributed by atoms with Crippen LogP contribution in [-0.2, 0) is 9.53 Å². The van der Waals surface area contributed by atoms with Gasteiger partial charge in [0, 0.05) is 6.42 Å². The van der Waals surface area contributed by atoms with Crippen LogP contribution in [-0.4, -0.2) is 12.6 Å². The second kappa shape index (κ2) is 37.4. The molecule has 0 saturated heterocycles. The molecule has 0 heterocycles. The maximum Gasteiger partial charge on any atom is 0.305 e. The van der Waals surface area contributed by atoms with Crippen LogP contribution < -0.4 is 0 Å². The molecular formula is C41H80O2. The first kappa shape index (κ1) is 42.2. The number of ether oxygens (including phenoxy) is 1. The van der Waals surface area contributed by atoms with Gasteiger partial charge in [-0.1, -0.05) is 200 Å². The molecule has 0 aliphatic heterocycles. The van der Waals surface area contributed by atoms with Gasteiger partial charge in [-0.2, -0.15) is 0 Å². The van der Waals surface area contributed by atoms with E-state index in [4.69, 9.17) is 4.74 Å². The topological polar surface area (TPSA) is 26.3 Å². The smallest absolute Gasteiger partial charge is 0.305 e. The third kappa shape index (κ3) is 37.3. The second-order valence-corrected chi connectivity index (χ2v) is 13.9. The van der Waals surface area contributed by atoms with Crippen molar-refractivity contribution in [3.63, 3.8) is 0 Å². The van der Waals surface area contributed by atoms with Gasteiger partial charge in [0.15, 0.2) is 0 Å². The van der Waals surface area contributed by atoms with Gasteiger partial charge in [0.2, 0.25) is 0 Å². The molecule has 0 saturated carbocycles. The van der Waals surface area contributed by atoms with Crippen LogP contribution >= 0.6 is 0 Å². The van der Waals surface area contributed by atoms with Crippen molar-refractivity contribution in [2.24, 2.45) is 5.92 Å². The summed E-state index contributed by atoms with van der Waals surface area (Å²) >= 11 is 0. The number of carbonyl (C=O) groups is 1. The molecule has 0 fully saturated rings. The van der Waals surface area contributed by atoms with E-state index in [-0.39, 0.29) is 5.97 Å². The standard InChI is InChI=1S/C41H80O2/c1-4-6-7-8-9-10-11-12-13-14-15-16-17-18-19-20-23-26-29-32-35-38-41(42)43-39-36-33-30-27-24-21-22-25-28-31-34-37-40(3)5-2/h12-13,40H,4-11,14-39H2,1-3H3/b13-12+. The van der Waals surface area contributed by atoms with Crippen LogP contribution in [0, 0.1) is 5.92 Å². The fourth-order valence-corrected chi connectivity index (χ4v) is 6.05. The molecule has 1 atom stereocenters. The first-order valence-electron chi connectivity index (χ1n) is 20.0. The van der Waals surface area contributed by atoms with Gasteiger partial charge in [-0.3, -0.25) is 4.79 Å². The zero-order valence-corrected chi connectivity index (χ0v) is 30.1. The number of unbranched alkanes of at least 4 members (excludes halogenated alkanes) is 27. The minimum atomic E-state index is 0.0254. The van der Waals surface area contributed by atoms with E-state index >= 15 is 0 Å². The SMILES string of the molecule is CCCCCCCC/C=C/CCCCCCCCCCCCCC(=O)OCCCCCCCCCCCCCC(C)CC. The monoisotopic (exact) mass is 605 g/mol. The Morgan fingerprint density at radius 3 is 1.30 bits per heavy atom. The average molecular weight is 605 g/mol. The molecule has 0 amide bonds. The highest BCUT2D eigenvalue weighted by atomic mass is 16.5. The molecule has 0 rings (SSSR count). The van der Waals surface area contributed by atoms with Gasteiger partial charge < -0.3 is 4.74 Å². The number of esters is 1. The minimum Gasteiger partial charge on any atom is -0.466 e. The van der Waals surface area contributed by atoms with E-state index in [0.29, 0.717) is 13.0 Å². The Bertz CT molecular complexity index is 554. The molecule has 0 N–H and O–H groups in total. The van der Waals surface area contributed by atoms with Gasteiger partial charge in [-0.25, -0.2) is 0 Å². The van der Waals surface area contributed by atoms with Crippen molar-refractivity contribution >= 4 is 5.97 Å². The zero-order valence-electron chi connectivity index (χ0n) is 30.1. The summed E-state index contributed by atoms with van der Waals surface area (Å²) in [5, 5.41) is 0. The van der Waals surface area contributed by atoms with Gasteiger partial charge in [-0.05, 0) is 44.4 Å². The highest BCUT2D eigenvalue weighted by molar-refractivity contribution is 5.69. The lowest BCUT2D eigenvalue weighted by Gasteiger charge is -2.07. The van der Waals surface area contributed by atoms with E-state index in [1.807, 2.05) is 0 Å². The van der Waals surface area contributed by atoms with Crippen LogP contribution in [0.3, 0.4) is 0 Å². The fourth-order valence-electron chi connectivity index (χ4n) is 6.05. The van der Waals surface area contributed by atoms with Crippen molar-refractivity contribution in [2.75, 3.05) is 6.61 Å². The molecule has 0 bridgehead atoms. The van der Waals surface area contributed by atoms with E-state index in [2.05, 4.69) is 32.9 Å². The Kier molecular flexibility index (Phi) is 36.7. The maximum atomic E-state index is 12.0. The molecule has 2 nitrogen and oxygen atoms in total. The number of rotatable bonds is 36. The summed E-state index contributed by atoms with van der Waals surface area (Å²) in [5.41, 5.74) is 0. The molecule has 0 aliphatic rings. The number of hydrogen-bond acceptors (Lipinski definition) is 2. The first-order chi connectivity index (χ1) is 21.2. The maximum absolute atomic E-state index is 12.0. The predicted molar refractivity (Wildman–Crippen MR) is 193 cm³/mol. The quantitative estimate of drug-likeness (QED) is 0.0404. The number of allylic oxidation sites excluding steroid dienone is 2. The lowest BCUT2D eigenvalue weighted by molar-refractivity contribution is -0.143. The number of hydrogen-bond donors (Lipinski definition) is 0. The molecule has 0 aromatic rings. The van der Waals surface area contributed by atoms with Crippen molar-refractivity contribution in [1.29, 1.82) is 0 Å². The van der Waals surface area contributed by atoms with Gasteiger partial charge in [0.1, 0.15) is 0 Å². The highest BCUT2D eigenvalue weighted by Gasteiger charge is 2.03. The second-order valence-electron chi connectivity index (χ2n) is 13.9. The van der Waals surface area contributed by atoms with Crippen molar-refractivity contribution in [3.8, 4) is 0 Å². The molecule has 1 unspecified atom stereocenters. The van der Waals surface area contributed by atoms with Gasteiger partial charge in [0.25, 0.3) is 0 Å². The van der Waals surface area contributed by atoms with Crippen LogP contribution in [0.2, 0.25) is 0 Å². The fraction of sp³-hybridized carbons (Fsp3) is 0.927. The normalized spacial score (nSPS) is 12.3. The summed E-state index contributed by atoms with van der Waals surface area (Å²) in [5.74, 6) is 0.943. The highest BCUT2D eigenvalue weighted by Crippen LogP contribution is 2.16. The average Bonchev–Trinajstić information content (AvgIpc) is 3.01. The molecule has 256 valence electrons. The first-order valence-corrected chi connectivity index (χ1v) is 20.0. The molecule has 0 radical (unpaired) electrons. The van der Waals surface area contributed by atoms with E-state index in [0.717, 1.165) is 18.8 Å². The summed E-state index contributed by atoms with van der Waals surface area (Å²) in [6, 6.07) is 0. The van der Waals surface area contributed by atoms with E-state index < -0.39 is 0 Å². The Hall–Kier alpha value is -0.790. The summed E-state index contributed by atoms with van der Waals surface area (Å²) in [4.78, 5) is 12.0. The summed E-state index contributed by atoms with van der Waals surface area (Å²) in [6.45, 7) is 7.61. The van der Waals surface area contributed by atoms with Crippen LogP contribution in [0.1, 0.15) is 233 Å². The predicted octanol–water partition coefficient (Wildman–Crippen LogP) is 14.6. The third-order valence-electron chi connectivity index (χ3n) is 9.44. The van der Waals surface area contributed by atoms with Crippen molar-refractivity contribution < 1.29 is 9.53 Å². The molecule has 2 heteroatoms. The molecule has 0 aliphatic carbocycles. The Morgan fingerprint density at radius 1 is 0.488 bits per heavy atom. The largest absolute Gasteiger partial charge is 0.466 e. The lowest BCUT2D eigenvalue weighted by Crippen LogP contribution is -2.05. The molecule has 0 aromatic carbocycles. The van der Waals surface area contributed by atoms with Crippen LogP contribution in [0.5, 0.6) is 0 Å². The Labute approximate surface area is 272 Å². The van der Waals surface area contributed by atoms with Crippen molar-refractivity contribution in [2.45, 2.75) is 233 Å². The van der Waals surface area contributed by atoms with Gasteiger partial charge in [0.05, 0.1) is 6.61 Å². The third-order valence-corrected chi connectivity index (χ3v) is 9.44.